The van der Waals surface area contributed by atoms with E-state index in [0.29, 0.717) is 0 Å². The molecule has 1 rings (SSSR count). The largest absolute Gasteiger partial charge is 0.444 e. The lowest BCUT2D eigenvalue weighted by Crippen LogP contribution is -2.38. The van der Waals surface area contributed by atoms with Crippen LogP contribution in [-0.4, -0.2) is 39.5 Å². The van der Waals surface area contributed by atoms with Gasteiger partial charge >= 0.3 is 6.09 Å². The van der Waals surface area contributed by atoms with Crippen molar-refractivity contribution in [1.82, 2.24) is 10.3 Å². The summed E-state index contributed by atoms with van der Waals surface area (Å²) in [5, 5.41) is 21.9. The molecule has 6 nitrogen and oxygen atoms in total. The van der Waals surface area contributed by atoms with Gasteiger partial charge in [0, 0.05) is 18.3 Å². The average Bonchev–Trinajstić information content (AvgIpc) is 2.33. The van der Waals surface area contributed by atoms with E-state index in [1.54, 1.807) is 20.8 Å². The lowest BCUT2D eigenvalue weighted by molar-refractivity contribution is 0.0126. The Morgan fingerprint density at radius 3 is 2.65 bits per heavy atom. The molecule has 0 saturated heterocycles. The van der Waals surface area contributed by atoms with Crippen molar-refractivity contribution in [3.05, 3.63) is 29.8 Å². The molecule has 2 unspecified atom stereocenters. The molecule has 3 N–H and O–H groups in total. The first-order valence-electron chi connectivity index (χ1n) is 6.12. The van der Waals surface area contributed by atoms with Gasteiger partial charge in [0.2, 0.25) is 0 Å². The number of nitrogens with zero attached hydrogens (tertiary/aromatic N) is 1. The highest BCUT2D eigenvalue weighted by Crippen LogP contribution is 2.16. The van der Waals surface area contributed by atoms with Crippen LogP contribution in [0.2, 0.25) is 0 Å². The van der Waals surface area contributed by atoms with Crippen molar-refractivity contribution in [3.63, 3.8) is 0 Å². The second-order valence-electron chi connectivity index (χ2n) is 5.33. The fourth-order valence-electron chi connectivity index (χ4n) is 1.43. The van der Waals surface area contributed by atoms with E-state index in [-0.39, 0.29) is 12.1 Å². The van der Waals surface area contributed by atoms with Crippen LogP contribution in [0, 0.1) is 5.82 Å². The van der Waals surface area contributed by atoms with Crippen LogP contribution >= 0.6 is 0 Å². The van der Waals surface area contributed by atoms with Gasteiger partial charge in [-0.15, -0.1) is 0 Å². The molecule has 2 atom stereocenters. The van der Waals surface area contributed by atoms with Crippen LogP contribution in [0.1, 0.15) is 32.4 Å². The second kappa shape index (κ2) is 6.62. The van der Waals surface area contributed by atoms with Crippen molar-refractivity contribution in [2.45, 2.75) is 38.6 Å². The van der Waals surface area contributed by atoms with Gasteiger partial charge in [0.05, 0.1) is 6.20 Å². The number of ether oxygens (including phenoxy) is 1. The zero-order chi connectivity index (χ0) is 15.3. The number of rotatable bonds is 4. The first-order chi connectivity index (χ1) is 9.19. The van der Waals surface area contributed by atoms with Gasteiger partial charge in [-0.3, -0.25) is 4.98 Å². The van der Waals surface area contributed by atoms with Crippen LogP contribution in [0.4, 0.5) is 9.18 Å². The highest BCUT2D eigenvalue weighted by atomic mass is 19.1. The van der Waals surface area contributed by atoms with Crippen LogP contribution in [0.25, 0.3) is 0 Å². The summed E-state index contributed by atoms with van der Waals surface area (Å²) in [5.74, 6) is -0.617. The van der Waals surface area contributed by atoms with E-state index in [0.717, 1.165) is 12.3 Å². The van der Waals surface area contributed by atoms with Crippen LogP contribution in [0.3, 0.4) is 0 Å². The van der Waals surface area contributed by atoms with Crippen molar-refractivity contribution >= 4 is 6.09 Å². The van der Waals surface area contributed by atoms with Crippen molar-refractivity contribution in [2.24, 2.45) is 0 Å². The zero-order valence-corrected chi connectivity index (χ0v) is 11.6. The van der Waals surface area contributed by atoms with Gasteiger partial charge in [-0.25, -0.2) is 9.18 Å². The number of alkyl carbamates (subject to hydrolysis) is 1. The smallest absolute Gasteiger partial charge is 0.407 e. The predicted molar refractivity (Wildman–Crippen MR) is 69.4 cm³/mol. The monoisotopic (exact) mass is 286 g/mol. The van der Waals surface area contributed by atoms with E-state index in [1.807, 2.05) is 0 Å². The first kappa shape index (κ1) is 16.3. The Balaban J connectivity index is 2.50. The Bertz CT molecular complexity index is 462. The zero-order valence-electron chi connectivity index (χ0n) is 11.6. The highest BCUT2D eigenvalue weighted by molar-refractivity contribution is 5.67. The van der Waals surface area contributed by atoms with Gasteiger partial charge < -0.3 is 20.3 Å². The summed E-state index contributed by atoms with van der Waals surface area (Å²) in [4.78, 5) is 15.0. The molecule has 0 aliphatic rings. The fraction of sp³-hybridized carbons (Fsp3) is 0.538. The number of carbonyl (C=O) groups is 1. The molecule has 0 aliphatic carbocycles. The van der Waals surface area contributed by atoms with Gasteiger partial charge in [0.25, 0.3) is 0 Å². The van der Waals surface area contributed by atoms with Crippen molar-refractivity contribution in [2.75, 3.05) is 6.54 Å². The second-order valence-corrected chi connectivity index (χ2v) is 5.33. The molecule has 1 aromatic rings. The Morgan fingerprint density at radius 1 is 1.45 bits per heavy atom. The first-order valence-corrected chi connectivity index (χ1v) is 6.12. The lowest BCUT2D eigenvalue weighted by Gasteiger charge is -2.22. The summed E-state index contributed by atoms with van der Waals surface area (Å²) in [6.07, 6.45) is -1.13. The molecule has 0 aromatic carbocycles. The van der Waals surface area contributed by atoms with Crippen LogP contribution in [-0.2, 0) is 4.74 Å². The molecule has 0 radical (unpaired) electrons. The molecule has 1 amide bonds. The summed E-state index contributed by atoms with van der Waals surface area (Å²) >= 11 is 0. The maximum absolute atomic E-state index is 12.9. The van der Waals surface area contributed by atoms with Crippen LogP contribution in [0.15, 0.2) is 18.5 Å². The predicted octanol–water partition coefficient (Wildman–Crippen LogP) is 1.14. The summed E-state index contributed by atoms with van der Waals surface area (Å²) < 4.78 is 17.9. The minimum Gasteiger partial charge on any atom is -0.444 e. The molecular formula is C13H19FN2O4. The third-order valence-corrected chi connectivity index (χ3v) is 2.29. The quantitative estimate of drug-likeness (QED) is 0.772. The molecule has 0 fully saturated rings. The van der Waals surface area contributed by atoms with E-state index < -0.39 is 29.7 Å². The molecule has 7 heteroatoms. The summed E-state index contributed by atoms with van der Waals surface area (Å²) in [7, 11) is 0. The number of aliphatic hydroxyl groups is 2. The van der Waals surface area contributed by atoms with Crippen LogP contribution in [0.5, 0.6) is 0 Å². The number of amides is 1. The number of carbonyl (C=O) groups excluding carboxylic acids is 1. The Morgan fingerprint density at radius 2 is 2.10 bits per heavy atom. The molecule has 0 spiro atoms. The van der Waals surface area contributed by atoms with E-state index in [1.165, 1.54) is 6.20 Å². The number of pyridine rings is 1. The topological polar surface area (TPSA) is 91.7 Å². The maximum atomic E-state index is 12.9. The minimum absolute atomic E-state index is 0.128. The van der Waals surface area contributed by atoms with Crippen molar-refractivity contribution in [3.8, 4) is 0 Å². The molecule has 0 aliphatic heterocycles. The fourth-order valence-corrected chi connectivity index (χ4v) is 1.43. The van der Waals surface area contributed by atoms with Crippen molar-refractivity contribution < 1.29 is 24.1 Å². The SMILES string of the molecule is CC(C)(C)OC(=O)NCC(O)C(O)c1cncc(F)c1. The number of nitrogens with one attached hydrogen (secondary N) is 1. The van der Waals surface area contributed by atoms with E-state index >= 15 is 0 Å². The van der Waals surface area contributed by atoms with Crippen LogP contribution < -0.4 is 5.32 Å². The van der Waals surface area contributed by atoms with Gasteiger partial charge in [0.1, 0.15) is 23.6 Å². The Labute approximate surface area is 116 Å². The van der Waals surface area contributed by atoms with Gasteiger partial charge in [-0.2, -0.15) is 0 Å². The lowest BCUT2D eigenvalue weighted by atomic mass is 10.1. The molecule has 0 saturated carbocycles. The average molecular weight is 286 g/mol. The molecule has 112 valence electrons. The van der Waals surface area contributed by atoms with Crippen molar-refractivity contribution in [1.29, 1.82) is 0 Å². The molecule has 20 heavy (non-hydrogen) atoms. The van der Waals surface area contributed by atoms with E-state index in [2.05, 4.69) is 10.3 Å². The summed E-state index contributed by atoms with van der Waals surface area (Å²) in [6, 6.07) is 1.06. The summed E-state index contributed by atoms with van der Waals surface area (Å²) in [6.45, 7) is 4.88. The van der Waals surface area contributed by atoms with Gasteiger partial charge in [-0.05, 0) is 26.8 Å². The summed E-state index contributed by atoms with van der Waals surface area (Å²) in [5.41, 5.74) is -0.524. The van der Waals surface area contributed by atoms with Gasteiger partial charge in [0.15, 0.2) is 0 Å². The third-order valence-electron chi connectivity index (χ3n) is 2.29. The number of aliphatic hydroxyl groups excluding tert-OH is 2. The molecule has 1 heterocycles. The number of halogens is 1. The normalized spacial score (nSPS) is 14.5. The Hall–Kier alpha value is -1.73. The maximum Gasteiger partial charge on any atom is 0.407 e. The molecule has 0 bridgehead atoms. The third kappa shape index (κ3) is 5.50. The number of hydrogen-bond donors (Lipinski definition) is 3. The van der Waals surface area contributed by atoms with Gasteiger partial charge in [-0.1, -0.05) is 0 Å². The number of aromatic nitrogens is 1. The molecule has 1 aromatic heterocycles. The van der Waals surface area contributed by atoms with E-state index in [4.69, 9.17) is 4.74 Å². The highest BCUT2D eigenvalue weighted by Gasteiger charge is 2.22. The van der Waals surface area contributed by atoms with E-state index in [9.17, 15) is 19.4 Å². The number of hydrogen-bond acceptors (Lipinski definition) is 5. The molecular weight excluding hydrogens is 267 g/mol. The standard InChI is InChI=1S/C13H19FN2O4/c1-13(2,3)20-12(19)16-7-10(17)11(18)8-4-9(14)6-15-5-8/h4-6,10-11,17-18H,7H2,1-3H3,(H,16,19). The minimum atomic E-state index is -1.35. The Kier molecular flexibility index (Phi) is 5.41.